The average Bonchev–Trinajstić information content (AvgIpc) is 3.20. The lowest BCUT2D eigenvalue weighted by Gasteiger charge is -2.11. The van der Waals surface area contributed by atoms with Crippen LogP contribution >= 0.6 is 0 Å². The molecule has 6 nitrogen and oxygen atoms in total. The minimum absolute atomic E-state index is 0.214. The molecule has 0 bridgehead atoms. The van der Waals surface area contributed by atoms with Gasteiger partial charge in [-0.15, -0.1) is 0 Å². The van der Waals surface area contributed by atoms with Gasteiger partial charge < -0.3 is 5.32 Å². The number of rotatable bonds is 5. The Morgan fingerprint density at radius 3 is 2.53 bits per heavy atom. The van der Waals surface area contributed by atoms with E-state index in [1.165, 1.54) is 5.56 Å². The van der Waals surface area contributed by atoms with Crippen LogP contribution in [0.15, 0.2) is 67.4 Å². The lowest BCUT2D eigenvalue weighted by atomic mass is 9.95. The smallest absolute Gasteiger partial charge is 0.258 e. The lowest BCUT2D eigenvalue weighted by molar-refractivity contribution is 0.102. The van der Waals surface area contributed by atoms with Gasteiger partial charge in [-0.3, -0.25) is 14.5 Å². The van der Waals surface area contributed by atoms with Crippen molar-refractivity contribution in [3.8, 4) is 22.3 Å². The maximum absolute atomic E-state index is 12.5. The minimum atomic E-state index is -0.214. The zero-order valence-electron chi connectivity index (χ0n) is 17.3. The summed E-state index contributed by atoms with van der Waals surface area (Å²) in [7, 11) is 1.91. The van der Waals surface area contributed by atoms with Gasteiger partial charge in [-0.25, -0.2) is 4.98 Å². The van der Waals surface area contributed by atoms with Crippen molar-refractivity contribution in [1.29, 1.82) is 0 Å². The quantitative estimate of drug-likeness (QED) is 0.531. The Balaban J connectivity index is 1.60. The van der Waals surface area contributed by atoms with Crippen LogP contribution in [0.4, 0.5) is 5.82 Å². The Morgan fingerprint density at radius 2 is 1.87 bits per heavy atom. The summed E-state index contributed by atoms with van der Waals surface area (Å²) in [4.78, 5) is 21.0. The Labute approximate surface area is 175 Å². The zero-order valence-corrected chi connectivity index (χ0v) is 17.3. The molecule has 0 spiro atoms. The van der Waals surface area contributed by atoms with E-state index in [0.29, 0.717) is 11.4 Å². The molecular formula is C24H23N5O. The van der Waals surface area contributed by atoms with E-state index >= 15 is 0 Å². The number of benzene rings is 1. The Kier molecular flexibility index (Phi) is 5.39. The molecule has 0 unspecified atom stereocenters. The highest BCUT2D eigenvalue weighted by molar-refractivity contribution is 6.04. The third-order valence-electron chi connectivity index (χ3n) is 5.13. The van der Waals surface area contributed by atoms with E-state index in [9.17, 15) is 4.79 Å². The number of nitrogens with one attached hydrogen (secondary N) is 1. The normalized spacial score (nSPS) is 10.8. The van der Waals surface area contributed by atoms with E-state index in [0.717, 1.165) is 34.2 Å². The molecule has 4 aromatic rings. The highest BCUT2D eigenvalue weighted by atomic mass is 16.1. The number of anilines is 1. The van der Waals surface area contributed by atoms with Gasteiger partial charge in [-0.2, -0.15) is 5.10 Å². The van der Waals surface area contributed by atoms with Gasteiger partial charge in [0.15, 0.2) is 0 Å². The summed E-state index contributed by atoms with van der Waals surface area (Å²) >= 11 is 0. The number of carbonyl (C=O) groups excluding carboxylic acids is 1. The van der Waals surface area contributed by atoms with E-state index in [1.54, 1.807) is 23.3 Å². The third-order valence-corrected chi connectivity index (χ3v) is 5.13. The van der Waals surface area contributed by atoms with Gasteiger partial charge >= 0.3 is 0 Å². The maximum atomic E-state index is 12.5. The minimum Gasteiger partial charge on any atom is -0.307 e. The Hall–Kier alpha value is -3.80. The first-order chi connectivity index (χ1) is 14.5. The molecule has 150 valence electrons. The number of amides is 1. The molecule has 6 heteroatoms. The number of carbonyl (C=O) groups is 1. The highest BCUT2D eigenvalue weighted by Crippen LogP contribution is 2.30. The number of aryl methyl sites for hydroxylation is 3. The molecule has 0 atom stereocenters. The molecule has 3 heterocycles. The SMILES string of the molecule is CCc1ccc(-c2cnn(C)c2)cc1-c1ccc(NC(=O)c2cnccc2C)nc1. The number of hydrogen-bond donors (Lipinski definition) is 1. The second kappa shape index (κ2) is 8.29. The molecule has 0 radical (unpaired) electrons. The predicted molar refractivity (Wildman–Crippen MR) is 118 cm³/mol. The highest BCUT2D eigenvalue weighted by Gasteiger charge is 2.12. The summed E-state index contributed by atoms with van der Waals surface area (Å²) in [5.74, 6) is 0.294. The summed E-state index contributed by atoms with van der Waals surface area (Å²) in [6.45, 7) is 4.02. The first kappa shape index (κ1) is 19.5. The molecule has 0 aliphatic rings. The van der Waals surface area contributed by atoms with Gasteiger partial charge in [0, 0.05) is 43.0 Å². The van der Waals surface area contributed by atoms with Crippen molar-refractivity contribution in [2.75, 3.05) is 5.32 Å². The van der Waals surface area contributed by atoms with Crippen LogP contribution in [0.2, 0.25) is 0 Å². The molecule has 0 saturated carbocycles. The van der Waals surface area contributed by atoms with Crippen molar-refractivity contribution in [3.05, 3.63) is 84.1 Å². The maximum Gasteiger partial charge on any atom is 0.258 e. The average molecular weight is 397 g/mol. The van der Waals surface area contributed by atoms with Crippen LogP contribution in [0.3, 0.4) is 0 Å². The molecule has 30 heavy (non-hydrogen) atoms. The fourth-order valence-corrected chi connectivity index (χ4v) is 3.42. The van der Waals surface area contributed by atoms with Gasteiger partial charge in [0.1, 0.15) is 5.82 Å². The molecule has 1 N–H and O–H groups in total. The second-order valence-corrected chi connectivity index (χ2v) is 7.20. The van der Waals surface area contributed by atoms with E-state index < -0.39 is 0 Å². The standard InChI is InChI=1S/C24H23N5O/c1-4-17-5-6-18(20-13-27-29(3)15-20)11-21(17)19-7-8-23(26-12-19)28-24(30)22-14-25-10-9-16(22)2/h5-15H,4H2,1-3H3,(H,26,28,30). The van der Waals surface area contributed by atoms with Gasteiger partial charge in [-0.1, -0.05) is 19.1 Å². The van der Waals surface area contributed by atoms with Crippen molar-refractivity contribution in [3.63, 3.8) is 0 Å². The first-order valence-electron chi connectivity index (χ1n) is 9.85. The summed E-state index contributed by atoms with van der Waals surface area (Å²) < 4.78 is 1.80. The molecule has 3 aromatic heterocycles. The molecule has 0 saturated heterocycles. The first-order valence-corrected chi connectivity index (χ1v) is 9.85. The Bertz CT molecular complexity index is 1190. The number of aromatic nitrogens is 4. The Morgan fingerprint density at radius 1 is 1.03 bits per heavy atom. The van der Waals surface area contributed by atoms with Crippen LogP contribution in [0.5, 0.6) is 0 Å². The van der Waals surface area contributed by atoms with E-state index in [2.05, 4.69) is 45.5 Å². The van der Waals surface area contributed by atoms with Crippen molar-refractivity contribution in [1.82, 2.24) is 19.7 Å². The van der Waals surface area contributed by atoms with Crippen molar-refractivity contribution in [2.45, 2.75) is 20.3 Å². The van der Waals surface area contributed by atoms with Crippen LogP contribution in [0.1, 0.15) is 28.4 Å². The van der Waals surface area contributed by atoms with Crippen molar-refractivity contribution >= 4 is 11.7 Å². The summed E-state index contributed by atoms with van der Waals surface area (Å²) in [6.07, 6.45) is 9.82. The van der Waals surface area contributed by atoms with Gasteiger partial charge in [-0.05, 0) is 59.9 Å². The monoisotopic (exact) mass is 397 g/mol. The van der Waals surface area contributed by atoms with E-state index in [4.69, 9.17) is 0 Å². The largest absolute Gasteiger partial charge is 0.307 e. The van der Waals surface area contributed by atoms with Crippen LogP contribution in [0.25, 0.3) is 22.3 Å². The summed E-state index contributed by atoms with van der Waals surface area (Å²) in [6, 6.07) is 12.1. The molecule has 0 aliphatic heterocycles. The molecule has 1 aromatic carbocycles. The molecule has 0 fully saturated rings. The van der Waals surface area contributed by atoms with Crippen molar-refractivity contribution < 1.29 is 4.79 Å². The number of hydrogen-bond acceptors (Lipinski definition) is 4. The predicted octanol–water partition coefficient (Wildman–Crippen LogP) is 4.67. The zero-order chi connectivity index (χ0) is 21.1. The molecular weight excluding hydrogens is 374 g/mol. The second-order valence-electron chi connectivity index (χ2n) is 7.20. The summed E-state index contributed by atoms with van der Waals surface area (Å²) in [5.41, 5.74) is 6.98. The van der Waals surface area contributed by atoms with Gasteiger partial charge in [0.05, 0.1) is 11.8 Å². The molecule has 4 rings (SSSR count). The fraction of sp³-hybridized carbons (Fsp3) is 0.167. The van der Waals surface area contributed by atoms with Gasteiger partial charge in [0.2, 0.25) is 0 Å². The van der Waals surface area contributed by atoms with E-state index in [-0.39, 0.29) is 5.91 Å². The van der Waals surface area contributed by atoms with Crippen molar-refractivity contribution in [2.24, 2.45) is 7.05 Å². The third kappa shape index (κ3) is 3.98. The molecule has 1 amide bonds. The fourth-order valence-electron chi connectivity index (χ4n) is 3.42. The molecule has 0 aliphatic carbocycles. The van der Waals surface area contributed by atoms with Crippen LogP contribution in [0, 0.1) is 6.92 Å². The summed E-state index contributed by atoms with van der Waals surface area (Å²) in [5, 5.41) is 7.11. The van der Waals surface area contributed by atoms with Gasteiger partial charge in [0.25, 0.3) is 5.91 Å². The van der Waals surface area contributed by atoms with Crippen LogP contribution in [-0.4, -0.2) is 25.7 Å². The number of nitrogens with zero attached hydrogens (tertiary/aromatic N) is 4. The van der Waals surface area contributed by atoms with E-state index in [1.807, 2.05) is 44.6 Å². The number of pyridine rings is 2. The topological polar surface area (TPSA) is 72.7 Å². The lowest BCUT2D eigenvalue weighted by Crippen LogP contribution is -2.14. The van der Waals surface area contributed by atoms with Crippen LogP contribution < -0.4 is 5.32 Å². The van der Waals surface area contributed by atoms with Crippen LogP contribution in [-0.2, 0) is 13.5 Å².